The van der Waals surface area contributed by atoms with E-state index < -0.39 is 0 Å². The van der Waals surface area contributed by atoms with Crippen LogP contribution in [-0.4, -0.2) is 115 Å². The zero-order chi connectivity index (χ0) is 45.5. The fourth-order valence-electron chi connectivity index (χ4n) is 7.44. The molecule has 16 nitrogen and oxygen atoms in total. The molecule has 338 valence electrons. The van der Waals surface area contributed by atoms with Crippen LogP contribution in [0.25, 0.3) is 0 Å². The number of benzene rings is 4. The number of anilines is 10. The molecule has 4 heterocycles. The number of carbonyl (C=O) groups is 2. The van der Waals surface area contributed by atoms with Crippen LogP contribution in [0.1, 0.15) is 20.7 Å². The molecule has 0 aliphatic carbocycles. The molecular weight excluding hydrogens is 823 g/mol. The highest BCUT2D eigenvalue weighted by Crippen LogP contribution is 2.35. The van der Waals surface area contributed by atoms with Gasteiger partial charge in [0.25, 0.3) is 11.8 Å². The number of pyridine rings is 2. The first-order chi connectivity index (χ1) is 31.7. The minimum atomic E-state index is -0.148. The van der Waals surface area contributed by atoms with Gasteiger partial charge in [-0.25, -0.2) is 9.97 Å². The third-order valence-corrected chi connectivity index (χ3v) is 11.0. The lowest BCUT2D eigenvalue weighted by Crippen LogP contribution is -2.44. The second-order valence-corrected chi connectivity index (χ2v) is 15.3. The number of para-hydroxylation sites is 2. The van der Waals surface area contributed by atoms with Crippen LogP contribution >= 0.6 is 0 Å². The molecule has 0 radical (unpaired) electrons. The fraction of sp³-hybridized carbons (Fsp3) is 0.265. The minimum absolute atomic E-state index is 0.143. The highest BCUT2D eigenvalue weighted by molar-refractivity contribution is 6.01. The van der Waals surface area contributed by atoms with Crippen molar-refractivity contribution in [3.05, 3.63) is 133 Å². The zero-order valence-electron chi connectivity index (χ0n) is 37.5. The molecule has 65 heavy (non-hydrogen) atoms. The van der Waals surface area contributed by atoms with Gasteiger partial charge in [0.05, 0.1) is 61.3 Å². The molecule has 0 unspecified atom stereocenters. The van der Waals surface area contributed by atoms with Gasteiger partial charge in [-0.15, -0.1) is 0 Å². The molecule has 2 aliphatic heterocycles. The van der Waals surface area contributed by atoms with E-state index in [0.717, 1.165) is 109 Å². The predicted octanol–water partition coefficient (Wildman–Crippen LogP) is 7.46. The Kier molecular flexibility index (Phi) is 15.5. The average Bonchev–Trinajstić information content (AvgIpc) is 3.35. The summed E-state index contributed by atoms with van der Waals surface area (Å²) in [7, 11) is 8.72. The number of ether oxygens (including phenoxy) is 3. The molecular formula is C49H57N11O5. The normalized spacial score (nSPS) is 13.7. The second-order valence-electron chi connectivity index (χ2n) is 15.3. The summed E-state index contributed by atoms with van der Waals surface area (Å²) >= 11 is 0. The maximum absolute atomic E-state index is 12.2. The molecule has 0 spiro atoms. The third kappa shape index (κ3) is 11.9. The first kappa shape index (κ1) is 45.5. The Morgan fingerprint density at radius 1 is 0.538 bits per heavy atom. The SMILES string of the molecule is CNC(=O)c1ccccc1Nc1ccnc(Nc2ccc(N3CCN(C)CC3)cc2OC)c1.CNC(=O)c1ccccc1Nc1ccnc(Nc2ccc(N3CCOCC3)cc2OC)c1. The van der Waals surface area contributed by atoms with Crippen molar-refractivity contribution in [1.82, 2.24) is 25.5 Å². The van der Waals surface area contributed by atoms with Crippen molar-refractivity contribution in [2.24, 2.45) is 0 Å². The van der Waals surface area contributed by atoms with E-state index in [1.807, 2.05) is 78.9 Å². The summed E-state index contributed by atoms with van der Waals surface area (Å²) in [6, 6.07) is 34.5. The van der Waals surface area contributed by atoms with Crippen LogP contribution in [0.15, 0.2) is 122 Å². The van der Waals surface area contributed by atoms with E-state index in [4.69, 9.17) is 14.2 Å². The van der Waals surface area contributed by atoms with Gasteiger partial charge >= 0.3 is 0 Å². The van der Waals surface area contributed by atoms with Crippen LogP contribution < -0.4 is 51.2 Å². The molecule has 2 amide bonds. The summed E-state index contributed by atoms with van der Waals surface area (Å²) in [4.78, 5) is 40.2. The number of rotatable bonds is 14. The first-order valence-corrected chi connectivity index (χ1v) is 21.5. The summed E-state index contributed by atoms with van der Waals surface area (Å²) in [5, 5.41) is 18.6. The Morgan fingerprint density at radius 2 is 0.985 bits per heavy atom. The smallest absolute Gasteiger partial charge is 0.253 e. The molecule has 0 atom stereocenters. The molecule has 6 N–H and O–H groups in total. The van der Waals surface area contributed by atoms with Crippen LogP contribution in [0.3, 0.4) is 0 Å². The molecule has 0 bridgehead atoms. The number of amides is 2. The summed E-state index contributed by atoms with van der Waals surface area (Å²) in [6.45, 7) is 7.29. The van der Waals surface area contributed by atoms with Crippen LogP contribution in [-0.2, 0) is 4.74 Å². The topological polar surface area (TPSA) is 170 Å². The molecule has 2 fully saturated rings. The van der Waals surface area contributed by atoms with Crippen LogP contribution in [0.5, 0.6) is 11.5 Å². The van der Waals surface area contributed by atoms with Crippen molar-refractivity contribution in [2.75, 3.05) is 119 Å². The van der Waals surface area contributed by atoms with Crippen LogP contribution in [0.2, 0.25) is 0 Å². The highest BCUT2D eigenvalue weighted by atomic mass is 16.5. The second kappa shape index (κ2) is 22.2. The van der Waals surface area contributed by atoms with Crippen LogP contribution in [0.4, 0.5) is 57.1 Å². The highest BCUT2D eigenvalue weighted by Gasteiger charge is 2.18. The Hall–Kier alpha value is -7.56. The Balaban J connectivity index is 0.000000194. The van der Waals surface area contributed by atoms with Gasteiger partial charge < -0.3 is 60.8 Å². The molecule has 16 heteroatoms. The van der Waals surface area contributed by atoms with Gasteiger partial charge in [0.2, 0.25) is 0 Å². The summed E-state index contributed by atoms with van der Waals surface area (Å²) in [5.74, 6) is 2.53. The van der Waals surface area contributed by atoms with E-state index in [9.17, 15) is 9.59 Å². The molecule has 0 saturated carbocycles. The number of hydrogen-bond acceptors (Lipinski definition) is 14. The lowest BCUT2D eigenvalue weighted by molar-refractivity contribution is 0.0956. The zero-order valence-corrected chi connectivity index (χ0v) is 37.5. The average molecular weight is 880 g/mol. The number of likely N-dealkylation sites (N-methyl/N-ethyl adjacent to an activating group) is 1. The number of nitrogens with one attached hydrogen (secondary N) is 6. The van der Waals surface area contributed by atoms with Gasteiger partial charge in [0, 0.05) is 113 Å². The summed E-state index contributed by atoms with van der Waals surface area (Å²) in [5.41, 5.74) is 8.13. The van der Waals surface area contributed by atoms with E-state index in [2.05, 4.69) is 81.8 Å². The van der Waals surface area contributed by atoms with Crippen molar-refractivity contribution in [2.45, 2.75) is 0 Å². The molecule has 6 aromatic rings. The number of aromatic nitrogens is 2. The van der Waals surface area contributed by atoms with Gasteiger partial charge in [0.1, 0.15) is 23.1 Å². The lowest BCUT2D eigenvalue weighted by atomic mass is 10.1. The Bertz CT molecular complexity index is 2540. The quantitative estimate of drug-likeness (QED) is 0.0638. The van der Waals surface area contributed by atoms with Gasteiger partial charge in [-0.05, 0) is 67.7 Å². The number of morpholine rings is 1. The number of piperazine rings is 1. The van der Waals surface area contributed by atoms with E-state index in [1.165, 1.54) is 0 Å². The maximum atomic E-state index is 12.2. The first-order valence-electron chi connectivity index (χ1n) is 21.5. The van der Waals surface area contributed by atoms with Gasteiger partial charge in [-0.3, -0.25) is 9.59 Å². The number of carbonyl (C=O) groups excluding carboxylic acids is 2. The number of methoxy groups -OCH3 is 2. The Labute approximate surface area is 380 Å². The molecule has 2 aromatic heterocycles. The minimum Gasteiger partial charge on any atom is -0.494 e. The van der Waals surface area contributed by atoms with Crippen molar-refractivity contribution < 1.29 is 23.8 Å². The summed E-state index contributed by atoms with van der Waals surface area (Å²) < 4.78 is 16.7. The van der Waals surface area contributed by atoms with Crippen LogP contribution in [0, 0.1) is 0 Å². The van der Waals surface area contributed by atoms with Gasteiger partial charge in [0.15, 0.2) is 0 Å². The fourth-order valence-corrected chi connectivity index (χ4v) is 7.44. The molecule has 2 saturated heterocycles. The lowest BCUT2D eigenvalue weighted by Gasteiger charge is -2.34. The van der Waals surface area contributed by atoms with E-state index >= 15 is 0 Å². The van der Waals surface area contributed by atoms with Crippen molar-refractivity contribution in [3.8, 4) is 11.5 Å². The summed E-state index contributed by atoms with van der Waals surface area (Å²) in [6.07, 6.45) is 3.43. The van der Waals surface area contributed by atoms with Crippen molar-refractivity contribution in [1.29, 1.82) is 0 Å². The van der Waals surface area contributed by atoms with Crippen molar-refractivity contribution >= 4 is 68.9 Å². The number of hydrogen-bond donors (Lipinski definition) is 6. The molecule has 8 rings (SSSR count). The maximum Gasteiger partial charge on any atom is 0.253 e. The standard InChI is InChI=1S/C25H30N6O2.C24H27N5O3/c1-26-25(32)20-6-4-5-7-21(20)28-18-10-11-27-24(16-18)29-22-9-8-19(17-23(22)33-3)31-14-12-30(2)13-15-31;1-25-24(30)19-5-3-4-6-20(19)27-17-9-10-26-23(15-17)28-21-8-7-18(16-22(21)31-2)29-11-13-32-14-12-29/h4-11,16-17H,12-15H2,1-3H3,(H,26,32)(H2,27,28,29);3-10,15-16H,11-14H2,1-2H3,(H,25,30)(H2,26,27,28). The largest absolute Gasteiger partial charge is 0.494 e. The van der Waals surface area contributed by atoms with Gasteiger partial charge in [-0.1, -0.05) is 24.3 Å². The monoisotopic (exact) mass is 879 g/mol. The molecule has 4 aromatic carbocycles. The third-order valence-electron chi connectivity index (χ3n) is 11.0. The Morgan fingerprint density at radius 3 is 1.43 bits per heavy atom. The van der Waals surface area contributed by atoms with E-state index in [0.29, 0.717) is 22.8 Å². The van der Waals surface area contributed by atoms with E-state index in [-0.39, 0.29) is 11.8 Å². The molecule has 2 aliphatic rings. The van der Waals surface area contributed by atoms with Gasteiger partial charge in [-0.2, -0.15) is 0 Å². The van der Waals surface area contributed by atoms with E-state index in [1.54, 1.807) is 52.8 Å². The number of nitrogens with zero attached hydrogens (tertiary/aromatic N) is 5. The van der Waals surface area contributed by atoms with Crippen molar-refractivity contribution in [3.63, 3.8) is 0 Å². The predicted molar refractivity (Wildman–Crippen MR) is 260 cm³/mol.